The van der Waals surface area contributed by atoms with Gasteiger partial charge >= 0.3 is 0 Å². The van der Waals surface area contributed by atoms with Crippen molar-refractivity contribution in [1.82, 2.24) is 9.80 Å². The Morgan fingerprint density at radius 1 is 1.27 bits per heavy atom. The molecule has 1 aliphatic carbocycles. The molecule has 1 aromatic carbocycles. The molecule has 1 aliphatic heterocycles. The Hall–Kier alpha value is -1.55. The van der Waals surface area contributed by atoms with Crippen molar-refractivity contribution in [3.63, 3.8) is 0 Å². The number of carbonyl (C=O) groups excluding carboxylic acids is 1. The summed E-state index contributed by atoms with van der Waals surface area (Å²) in [4.78, 5) is 21.6. The van der Waals surface area contributed by atoms with Gasteiger partial charge in [0.05, 0.1) is 10.8 Å². The summed E-state index contributed by atoms with van der Waals surface area (Å²) < 4.78 is 0. The number of piperazine rings is 1. The molecule has 0 spiro atoms. The molecule has 5 heteroatoms. The fourth-order valence-electron chi connectivity index (χ4n) is 4.39. The van der Waals surface area contributed by atoms with Gasteiger partial charge in [-0.15, -0.1) is 0 Å². The van der Waals surface area contributed by atoms with Crippen molar-refractivity contribution in [2.45, 2.75) is 59.0 Å². The third-order valence-electron chi connectivity index (χ3n) is 5.89. The third kappa shape index (κ3) is 4.22. The average Bonchev–Trinajstić information content (AvgIpc) is 3.13. The highest BCUT2D eigenvalue weighted by Crippen LogP contribution is 2.29. The first-order valence-corrected chi connectivity index (χ1v) is 10.1. The molecule has 140 valence electrons. The molecule has 4 nitrogen and oxygen atoms in total. The van der Waals surface area contributed by atoms with E-state index in [4.69, 9.17) is 12.2 Å². The summed E-state index contributed by atoms with van der Waals surface area (Å²) in [5.74, 6) is 0.664. The number of nitrogens with zero attached hydrogens (tertiary/aromatic N) is 3. The number of isothiocyanates is 1. The predicted octanol–water partition coefficient (Wildman–Crippen LogP) is 4.26. The van der Waals surface area contributed by atoms with E-state index in [0.29, 0.717) is 5.91 Å². The molecule has 0 unspecified atom stereocenters. The van der Waals surface area contributed by atoms with E-state index in [2.05, 4.69) is 52.9 Å². The fourth-order valence-corrected chi connectivity index (χ4v) is 4.49. The van der Waals surface area contributed by atoms with Crippen LogP contribution in [0.5, 0.6) is 0 Å². The quantitative estimate of drug-likeness (QED) is 0.586. The maximum absolute atomic E-state index is 12.8. The number of carbonyl (C=O) groups is 1. The van der Waals surface area contributed by atoms with Gasteiger partial charge in [-0.2, -0.15) is 4.99 Å². The molecular weight excluding hydrogens is 342 g/mol. The zero-order valence-electron chi connectivity index (χ0n) is 16.1. The monoisotopic (exact) mass is 371 g/mol. The average molecular weight is 372 g/mol. The van der Waals surface area contributed by atoms with Gasteiger partial charge in [0.15, 0.2) is 0 Å². The highest BCUT2D eigenvalue weighted by Gasteiger charge is 2.33. The van der Waals surface area contributed by atoms with Crippen LogP contribution in [0.1, 0.15) is 49.3 Å². The minimum absolute atomic E-state index is 0.276. The second-order valence-electron chi connectivity index (χ2n) is 7.87. The summed E-state index contributed by atoms with van der Waals surface area (Å²) >= 11 is 4.78. The Bertz CT molecular complexity index is 720. The van der Waals surface area contributed by atoms with Gasteiger partial charge in [-0.3, -0.25) is 9.69 Å². The number of aryl methyl sites for hydroxylation is 1. The van der Waals surface area contributed by atoms with Crippen LogP contribution in [-0.4, -0.2) is 46.5 Å². The van der Waals surface area contributed by atoms with Crippen molar-refractivity contribution in [2.75, 3.05) is 19.6 Å². The van der Waals surface area contributed by atoms with Crippen molar-refractivity contribution >= 4 is 29.0 Å². The molecule has 1 atom stereocenters. The second-order valence-corrected chi connectivity index (χ2v) is 8.05. The molecule has 2 fully saturated rings. The molecule has 2 aliphatic rings. The summed E-state index contributed by atoms with van der Waals surface area (Å²) in [5.41, 5.74) is 4.57. The van der Waals surface area contributed by atoms with Gasteiger partial charge in [0.2, 0.25) is 5.91 Å². The number of benzene rings is 1. The third-order valence-corrected chi connectivity index (χ3v) is 5.98. The minimum atomic E-state index is 0.276. The van der Waals surface area contributed by atoms with Crippen LogP contribution in [0, 0.1) is 19.8 Å². The zero-order chi connectivity index (χ0) is 18.7. The SMILES string of the molecule is Cc1cc(CN2CCN(C(=O)C3CCCC3)[C@@H](C)C2)c(C)c(N=C=S)c1. The van der Waals surface area contributed by atoms with Gasteiger partial charge in [-0.25, -0.2) is 0 Å². The Kier molecular flexibility index (Phi) is 6.23. The summed E-state index contributed by atoms with van der Waals surface area (Å²) in [6.45, 7) is 9.97. The van der Waals surface area contributed by atoms with Crippen LogP contribution < -0.4 is 0 Å². The van der Waals surface area contributed by atoms with Gasteiger partial charge < -0.3 is 4.90 Å². The summed E-state index contributed by atoms with van der Waals surface area (Å²) in [7, 11) is 0. The lowest BCUT2D eigenvalue weighted by Crippen LogP contribution is -2.54. The minimum Gasteiger partial charge on any atom is -0.337 e. The van der Waals surface area contributed by atoms with Crippen LogP contribution >= 0.6 is 12.2 Å². The molecular formula is C21H29N3OS. The maximum atomic E-state index is 12.8. The molecule has 26 heavy (non-hydrogen) atoms. The summed E-state index contributed by atoms with van der Waals surface area (Å²) in [6, 6.07) is 4.57. The van der Waals surface area contributed by atoms with Crippen LogP contribution in [0.4, 0.5) is 5.69 Å². The van der Waals surface area contributed by atoms with Crippen molar-refractivity contribution in [1.29, 1.82) is 0 Å². The van der Waals surface area contributed by atoms with Gasteiger partial charge in [-0.05, 0) is 68.6 Å². The van der Waals surface area contributed by atoms with E-state index in [1.165, 1.54) is 29.5 Å². The van der Waals surface area contributed by atoms with Crippen LogP contribution in [0.25, 0.3) is 0 Å². The van der Waals surface area contributed by atoms with Crippen LogP contribution in [-0.2, 0) is 11.3 Å². The molecule has 1 saturated carbocycles. The van der Waals surface area contributed by atoms with E-state index in [1.54, 1.807) is 0 Å². The van der Waals surface area contributed by atoms with Crippen molar-refractivity contribution < 1.29 is 4.79 Å². The lowest BCUT2D eigenvalue weighted by molar-refractivity contribution is -0.140. The zero-order valence-corrected chi connectivity index (χ0v) is 16.9. The molecule has 1 saturated heterocycles. The van der Waals surface area contributed by atoms with E-state index < -0.39 is 0 Å². The Morgan fingerprint density at radius 2 is 2.00 bits per heavy atom. The molecule has 0 bridgehead atoms. The molecule has 1 amide bonds. The van der Waals surface area contributed by atoms with E-state index >= 15 is 0 Å². The van der Waals surface area contributed by atoms with Crippen molar-refractivity contribution in [3.05, 3.63) is 28.8 Å². The summed E-state index contributed by atoms with van der Waals surface area (Å²) in [6.07, 6.45) is 4.59. The first kappa shape index (κ1) is 19.2. The maximum Gasteiger partial charge on any atom is 0.226 e. The molecule has 0 radical (unpaired) electrons. The largest absolute Gasteiger partial charge is 0.337 e. The van der Waals surface area contributed by atoms with E-state index in [0.717, 1.165) is 44.7 Å². The predicted molar refractivity (Wildman–Crippen MR) is 109 cm³/mol. The second kappa shape index (κ2) is 8.43. The molecule has 1 heterocycles. The van der Waals surface area contributed by atoms with Crippen LogP contribution in [0.3, 0.4) is 0 Å². The molecule has 3 rings (SSSR count). The smallest absolute Gasteiger partial charge is 0.226 e. The van der Waals surface area contributed by atoms with E-state index in [9.17, 15) is 4.79 Å². The lowest BCUT2D eigenvalue weighted by atomic mass is 10.0. The number of hydrogen-bond acceptors (Lipinski definition) is 4. The molecule has 1 aromatic rings. The first-order chi connectivity index (χ1) is 12.5. The van der Waals surface area contributed by atoms with E-state index in [1.807, 2.05) is 0 Å². The number of hydrogen-bond donors (Lipinski definition) is 0. The number of aliphatic imine (C=N–C) groups is 1. The molecule has 0 aromatic heterocycles. The summed E-state index contributed by atoms with van der Waals surface area (Å²) in [5, 5.41) is 2.49. The Morgan fingerprint density at radius 3 is 2.65 bits per heavy atom. The topological polar surface area (TPSA) is 35.9 Å². The highest BCUT2D eigenvalue weighted by atomic mass is 32.1. The van der Waals surface area contributed by atoms with Gasteiger partial charge in [-0.1, -0.05) is 18.9 Å². The number of amides is 1. The Balaban J connectivity index is 1.66. The lowest BCUT2D eigenvalue weighted by Gasteiger charge is -2.41. The van der Waals surface area contributed by atoms with Gasteiger partial charge in [0, 0.05) is 38.1 Å². The fraction of sp³-hybridized carbons (Fsp3) is 0.619. The number of rotatable bonds is 4. The van der Waals surface area contributed by atoms with Crippen LogP contribution in [0.15, 0.2) is 17.1 Å². The molecule has 0 N–H and O–H groups in total. The van der Waals surface area contributed by atoms with Gasteiger partial charge in [0.25, 0.3) is 0 Å². The highest BCUT2D eigenvalue weighted by molar-refractivity contribution is 7.78. The van der Waals surface area contributed by atoms with E-state index in [-0.39, 0.29) is 12.0 Å². The van der Waals surface area contributed by atoms with Crippen LogP contribution in [0.2, 0.25) is 0 Å². The number of thiocarbonyl (C=S) groups is 1. The van der Waals surface area contributed by atoms with Crippen molar-refractivity contribution in [3.8, 4) is 0 Å². The van der Waals surface area contributed by atoms with Gasteiger partial charge in [0.1, 0.15) is 0 Å². The first-order valence-electron chi connectivity index (χ1n) is 9.70. The van der Waals surface area contributed by atoms with Crippen molar-refractivity contribution in [2.24, 2.45) is 10.9 Å². The standard InChI is InChI=1S/C21H29N3OS/c1-15-10-19(17(3)20(11-15)22-14-26)13-23-8-9-24(16(2)12-23)21(25)18-6-4-5-7-18/h10-11,16,18H,4-9,12-13H2,1-3H3/t16-/m0/s1. The normalized spacial score (nSPS) is 21.7. The Labute approximate surface area is 162 Å².